The summed E-state index contributed by atoms with van der Waals surface area (Å²) in [7, 11) is -1.89. The van der Waals surface area contributed by atoms with Crippen molar-refractivity contribution in [1.29, 1.82) is 0 Å². The smallest absolute Gasteiger partial charge is 0.240 e. The molecule has 1 saturated heterocycles. The molecule has 0 spiro atoms. The molecule has 8 nitrogen and oxygen atoms in total. The Hall–Kier alpha value is -3.27. The molecular weight excluding hydrogens is 462 g/mol. The fourth-order valence-electron chi connectivity index (χ4n) is 3.91. The van der Waals surface area contributed by atoms with Crippen LogP contribution in [-0.4, -0.2) is 56.6 Å². The lowest BCUT2D eigenvalue weighted by atomic mass is 10.1. The molecule has 2 aromatic carbocycles. The van der Waals surface area contributed by atoms with Crippen LogP contribution in [0.4, 0.5) is 11.6 Å². The highest BCUT2D eigenvalue weighted by atomic mass is 32.2. The van der Waals surface area contributed by atoms with Crippen LogP contribution in [0.5, 0.6) is 5.75 Å². The van der Waals surface area contributed by atoms with Gasteiger partial charge in [0.05, 0.1) is 17.7 Å². The topological polar surface area (TPSA) is 96.4 Å². The summed E-state index contributed by atoms with van der Waals surface area (Å²) in [6, 6.07) is 14.4. The number of rotatable bonds is 10. The van der Waals surface area contributed by atoms with E-state index in [9.17, 15) is 8.42 Å². The molecule has 184 valence electrons. The van der Waals surface area contributed by atoms with Crippen LogP contribution in [-0.2, 0) is 10.0 Å². The highest BCUT2D eigenvalue weighted by molar-refractivity contribution is 7.89. The van der Waals surface area contributed by atoms with E-state index in [-0.39, 0.29) is 4.90 Å². The molecule has 2 N–H and O–H groups in total. The van der Waals surface area contributed by atoms with E-state index in [0.29, 0.717) is 18.2 Å². The molecule has 0 bridgehead atoms. The van der Waals surface area contributed by atoms with E-state index in [1.807, 2.05) is 43.3 Å². The van der Waals surface area contributed by atoms with Crippen molar-refractivity contribution in [3.05, 3.63) is 71.5 Å². The maximum absolute atomic E-state index is 12.6. The number of ether oxygens (including phenoxy) is 1. The average Bonchev–Trinajstić information content (AvgIpc) is 3.37. The first-order valence-corrected chi connectivity index (χ1v) is 13.2. The van der Waals surface area contributed by atoms with Gasteiger partial charge in [-0.05, 0) is 74.8 Å². The largest absolute Gasteiger partial charge is 0.497 e. The molecule has 0 unspecified atom stereocenters. The van der Waals surface area contributed by atoms with Crippen LogP contribution >= 0.6 is 0 Å². The van der Waals surface area contributed by atoms with Gasteiger partial charge in [-0.2, -0.15) is 0 Å². The zero-order chi connectivity index (χ0) is 24.7. The number of sulfonamides is 1. The van der Waals surface area contributed by atoms with Gasteiger partial charge >= 0.3 is 0 Å². The van der Waals surface area contributed by atoms with Gasteiger partial charge in [0, 0.05) is 30.5 Å². The monoisotopic (exact) mass is 493 g/mol. The minimum absolute atomic E-state index is 0.236. The quantitative estimate of drug-likeness (QED) is 0.439. The number of aromatic nitrogens is 2. The molecule has 1 aliphatic heterocycles. The minimum Gasteiger partial charge on any atom is -0.497 e. The molecule has 1 aliphatic rings. The third kappa shape index (κ3) is 6.88. The van der Waals surface area contributed by atoms with Gasteiger partial charge in [-0.1, -0.05) is 24.3 Å². The van der Waals surface area contributed by atoms with E-state index in [1.54, 1.807) is 37.6 Å². The second-order valence-corrected chi connectivity index (χ2v) is 10.2. The van der Waals surface area contributed by atoms with E-state index < -0.39 is 10.0 Å². The highest BCUT2D eigenvalue weighted by Crippen LogP contribution is 2.19. The second-order valence-electron chi connectivity index (χ2n) is 8.44. The van der Waals surface area contributed by atoms with Crippen molar-refractivity contribution >= 4 is 33.8 Å². The van der Waals surface area contributed by atoms with Gasteiger partial charge in [-0.25, -0.2) is 23.1 Å². The number of nitrogens with zero attached hydrogens (tertiary/aromatic N) is 3. The molecule has 0 atom stereocenters. The van der Waals surface area contributed by atoms with E-state index >= 15 is 0 Å². The normalized spacial score (nSPS) is 14.5. The number of benzene rings is 2. The van der Waals surface area contributed by atoms with Crippen molar-refractivity contribution in [3.8, 4) is 5.75 Å². The van der Waals surface area contributed by atoms with Crippen LogP contribution < -0.4 is 14.8 Å². The molecule has 3 aromatic rings. The van der Waals surface area contributed by atoms with Gasteiger partial charge < -0.3 is 15.0 Å². The fraction of sp³-hybridized carbons (Fsp3) is 0.308. The Balaban J connectivity index is 1.35. The summed E-state index contributed by atoms with van der Waals surface area (Å²) in [4.78, 5) is 11.4. The summed E-state index contributed by atoms with van der Waals surface area (Å²) in [6.07, 6.45) is 8.08. The molecule has 0 radical (unpaired) electrons. The number of likely N-dealkylation sites (tertiary alicyclic amines) is 1. The molecule has 0 aliphatic carbocycles. The maximum Gasteiger partial charge on any atom is 0.240 e. The number of aryl methyl sites for hydroxylation is 1. The van der Waals surface area contributed by atoms with Crippen molar-refractivity contribution in [1.82, 2.24) is 19.6 Å². The summed E-state index contributed by atoms with van der Waals surface area (Å²) < 4.78 is 33.1. The molecular formula is C26H31N5O3S. The number of anilines is 2. The Kier molecular flexibility index (Phi) is 8.12. The average molecular weight is 494 g/mol. The van der Waals surface area contributed by atoms with Crippen molar-refractivity contribution in [2.75, 3.05) is 38.6 Å². The van der Waals surface area contributed by atoms with Crippen LogP contribution in [0.2, 0.25) is 0 Å². The van der Waals surface area contributed by atoms with Crippen molar-refractivity contribution in [2.24, 2.45) is 0 Å². The first-order valence-electron chi connectivity index (χ1n) is 11.7. The summed E-state index contributed by atoms with van der Waals surface area (Å²) in [5, 5.41) is 3.13. The van der Waals surface area contributed by atoms with Gasteiger partial charge in [-0.15, -0.1) is 0 Å². The number of methoxy groups -OCH3 is 1. The predicted octanol–water partition coefficient (Wildman–Crippen LogP) is 4.08. The van der Waals surface area contributed by atoms with Crippen LogP contribution in [0, 0.1) is 6.92 Å². The van der Waals surface area contributed by atoms with Gasteiger partial charge in [0.2, 0.25) is 16.0 Å². The Morgan fingerprint density at radius 3 is 2.57 bits per heavy atom. The zero-order valence-electron chi connectivity index (χ0n) is 20.1. The van der Waals surface area contributed by atoms with Crippen LogP contribution in [0.3, 0.4) is 0 Å². The highest BCUT2D eigenvalue weighted by Gasteiger charge is 2.16. The second kappa shape index (κ2) is 11.4. The molecule has 4 rings (SSSR count). The standard InChI is InChI=1S/C26H31N5O3S/c1-20-22(9-8-21-6-5-7-24(18-21)34-2)19-27-26(29-20)30-23-10-12-25(13-11-23)35(32,33)28-14-17-31-15-3-4-16-31/h5-13,18-19,28H,3-4,14-17H2,1-2H3,(H,27,29,30). The van der Waals surface area contributed by atoms with E-state index in [1.165, 1.54) is 12.8 Å². The van der Waals surface area contributed by atoms with Crippen LogP contribution in [0.25, 0.3) is 12.2 Å². The SMILES string of the molecule is COc1cccc(C=Cc2cnc(Nc3ccc(S(=O)(=O)NCCN4CCCC4)cc3)nc2C)c1. The summed E-state index contributed by atoms with van der Waals surface area (Å²) >= 11 is 0. The van der Waals surface area contributed by atoms with Gasteiger partial charge in [0.25, 0.3) is 0 Å². The van der Waals surface area contributed by atoms with Gasteiger partial charge in [0.1, 0.15) is 5.75 Å². The van der Waals surface area contributed by atoms with E-state index in [0.717, 1.165) is 42.2 Å². The molecule has 1 fully saturated rings. The molecule has 0 amide bonds. The number of nitrogens with one attached hydrogen (secondary N) is 2. The molecule has 2 heterocycles. The zero-order valence-corrected chi connectivity index (χ0v) is 20.9. The molecule has 0 saturated carbocycles. The Morgan fingerprint density at radius 1 is 1.09 bits per heavy atom. The van der Waals surface area contributed by atoms with Crippen molar-refractivity contribution in [2.45, 2.75) is 24.7 Å². The third-order valence-electron chi connectivity index (χ3n) is 5.91. The number of hydrogen-bond donors (Lipinski definition) is 2. The fourth-order valence-corrected chi connectivity index (χ4v) is 4.93. The summed E-state index contributed by atoms with van der Waals surface area (Å²) in [5.74, 6) is 1.25. The summed E-state index contributed by atoms with van der Waals surface area (Å²) in [5.41, 5.74) is 3.45. The minimum atomic E-state index is -3.54. The van der Waals surface area contributed by atoms with E-state index in [2.05, 4.69) is 24.9 Å². The first kappa shape index (κ1) is 24.8. The third-order valence-corrected chi connectivity index (χ3v) is 7.38. The molecule has 1 aromatic heterocycles. The molecule has 9 heteroatoms. The lowest BCUT2D eigenvalue weighted by molar-refractivity contribution is 0.344. The lowest BCUT2D eigenvalue weighted by Gasteiger charge is -2.15. The maximum atomic E-state index is 12.6. The Labute approximate surface area is 207 Å². The van der Waals surface area contributed by atoms with Gasteiger partial charge in [-0.3, -0.25) is 0 Å². The van der Waals surface area contributed by atoms with Crippen LogP contribution in [0.1, 0.15) is 29.7 Å². The first-order chi connectivity index (χ1) is 16.9. The van der Waals surface area contributed by atoms with Crippen molar-refractivity contribution < 1.29 is 13.2 Å². The van der Waals surface area contributed by atoms with Crippen LogP contribution in [0.15, 0.2) is 59.6 Å². The molecule has 35 heavy (non-hydrogen) atoms. The summed E-state index contributed by atoms with van der Waals surface area (Å²) in [6.45, 7) is 5.16. The predicted molar refractivity (Wildman–Crippen MR) is 139 cm³/mol. The van der Waals surface area contributed by atoms with Crippen molar-refractivity contribution in [3.63, 3.8) is 0 Å². The lowest BCUT2D eigenvalue weighted by Crippen LogP contribution is -2.33. The van der Waals surface area contributed by atoms with E-state index in [4.69, 9.17) is 4.74 Å². The van der Waals surface area contributed by atoms with Gasteiger partial charge in [0.15, 0.2) is 0 Å². The number of hydrogen-bond acceptors (Lipinski definition) is 7. The Bertz CT molecular complexity index is 1270. The Morgan fingerprint density at radius 2 is 1.86 bits per heavy atom.